The smallest absolute Gasteiger partial charge is 0.323 e. The Kier molecular flexibility index (Phi) is 6.84. The Morgan fingerprint density at radius 3 is 2.66 bits per heavy atom. The molecule has 8 heteroatoms. The molecule has 0 aliphatic carbocycles. The molecule has 2 saturated heterocycles. The molecule has 1 unspecified atom stereocenters. The number of fused-ring (bicyclic) bond motifs is 1. The van der Waals surface area contributed by atoms with Gasteiger partial charge in [-0.25, -0.2) is 4.79 Å². The van der Waals surface area contributed by atoms with Gasteiger partial charge in [0.2, 0.25) is 0 Å². The lowest BCUT2D eigenvalue weighted by Gasteiger charge is -2.41. The van der Waals surface area contributed by atoms with Crippen LogP contribution in [0, 0.1) is 11.8 Å². The van der Waals surface area contributed by atoms with E-state index in [9.17, 15) is 9.59 Å². The van der Waals surface area contributed by atoms with Crippen molar-refractivity contribution in [3.8, 4) is 0 Å². The highest BCUT2D eigenvalue weighted by atomic mass is 32.1. The second kappa shape index (κ2) is 10.0. The van der Waals surface area contributed by atoms with Crippen LogP contribution in [0.1, 0.15) is 43.6 Å². The van der Waals surface area contributed by atoms with Crippen LogP contribution in [0.3, 0.4) is 0 Å². The highest BCUT2D eigenvalue weighted by Crippen LogP contribution is 2.38. The molecule has 0 spiro atoms. The number of thiophene rings is 1. The Morgan fingerprint density at radius 2 is 1.91 bits per heavy atom. The lowest BCUT2D eigenvalue weighted by Crippen LogP contribution is -2.56. The molecule has 0 saturated carbocycles. The summed E-state index contributed by atoms with van der Waals surface area (Å²) in [6.07, 6.45) is 6.62. The fraction of sp³-hybridized carbons (Fsp3) is 0.481. The van der Waals surface area contributed by atoms with Gasteiger partial charge in [-0.15, -0.1) is 11.3 Å². The van der Waals surface area contributed by atoms with Crippen molar-refractivity contribution in [1.82, 2.24) is 25.1 Å². The van der Waals surface area contributed by atoms with E-state index in [1.54, 1.807) is 23.7 Å². The summed E-state index contributed by atoms with van der Waals surface area (Å²) < 4.78 is 0. The number of imide groups is 1. The van der Waals surface area contributed by atoms with Crippen LogP contribution in [0.4, 0.5) is 4.79 Å². The molecular formula is C27H33N5O2S. The number of carbonyl (C=O) groups excluding carboxylic acids is 2. The van der Waals surface area contributed by atoms with Crippen LogP contribution in [0.15, 0.2) is 48.1 Å². The number of hydrogen-bond donors (Lipinski definition) is 1. The number of urea groups is 1. The van der Waals surface area contributed by atoms with Gasteiger partial charge in [-0.3, -0.25) is 24.6 Å². The minimum Gasteiger partial charge on any atom is -0.323 e. The third-order valence-electron chi connectivity index (χ3n) is 7.35. The predicted octanol–water partition coefficient (Wildman–Crippen LogP) is 4.48. The van der Waals surface area contributed by atoms with Crippen LogP contribution >= 0.6 is 11.3 Å². The highest BCUT2D eigenvalue weighted by Gasteiger charge is 2.55. The number of nitrogens with one attached hydrogen (secondary N) is 1. The first-order valence-electron chi connectivity index (χ1n) is 12.5. The largest absolute Gasteiger partial charge is 0.325 e. The molecule has 5 rings (SSSR count). The lowest BCUT2D eigenvalue weighted by molar-refractivity contribution is -0.134. The summed E-state index contributed by atoms with van der Waals surface area (Å²) in [5, 5.41) is 5.22. The Hall–Kier alpha value is -2.84. The van der Waals surface area contributed by atoms with Crippen LogP contribution in [-0.2, 0) is 17.8 Å². The second-order valence-electron chi connectivity index (χ2n) is 10.2. The van der Waals surface area contributed by atoms with Crippen molar-refractivity contribution in [1.29, 1.82) is 0 Å². The number of likely N-dealkylation sites (tertiary alicyclic amines) is 1. The predicted molar refractivity (Wildman–Crippen MR) is 138 cm³/mol. The van der Waals surface area contributed by atoms with E-state index in [4.69, 9.17) is 0 Å². The molecule has 1 N–H and O–H groups in total. The van der Waals surface area contributed by atoms with Crippen LogP contribution in [0.2, 0.25) is 0 Å². The Labute approximate surface area is 210 Å². The van der Waals surface area contributed by atoms with Gasteiger partial charge in [-0.05, 0) is 73.7 Å². The topological polar surface area (TPSA) is 78.4 Å². The van der Waals surface area contributed by atoms with Crippen molar-refractivity contribution in [2.24, 2.45) is 11.8 Å². The molecule has 3 amide bonds. The molecule has 0 bridgehead atoms. The first kappa shape index (κ1) is 23.9. The Bertz CT molecular complexity index is 1180. The van der Waals surface area contributed by atoms with E-state index in [-0.39, 0.29) is 17.9 Å². The number of nitrogens with zero attached hydrogens (tertiary/aromatic N) is 4. The quantitative estimate of drug-likeness (QED) is 0.470. The van der Waals surface area contributed by atoms with Crippen molar-refractivity contribution in [3.05, 3.63) is 58.5 Å². The summed E-state index contributed by atoms with van der Waals surface area (Å²) in [4.78, 5) is 40.8. The van der Waals surface area contributed by atoms with E-state index in [0.29, 0.717) is 25.3 Å². The maximum absolute atomic E-state index is 13.8. The third kappa shape index (κ3) is 4.82. The SMILES string of the molecule is CC(C)CC1(C2CCN(Cc3cccc4nccnc34)CC2)NC(=O)N(CCc2cccs2)C1=O. The number of para-hydroxylation sites is 1. The van der Waals surface area contributed by atoms with Gasteiger partial charge in [0, 0.05) is 30.4 Å². The highest BCUT2D eigenvalue weighted by molar-refractivity contribution is 7.09. The van der Waals surface area contributed by atoms with Crippen molar-refractivity contribution in [3.63, 3.8) is 0 Å². The molecule has 2 fully saturated rings. The maximum Gasteiger partial charge on any atom is 0.325 e. The van der Waals surface area contributed by atoms with Crippen molar-refractivity contribution in [2.75, 3.05) is 19.6 Å². The van der Waals surface area contributed by atoms with Gasteiger partial charge in [0.05, 0.1) is 11.0 Å². The molecule has 2 aliphatic heterocycles. The number of rotatable bonds is 8. The third-order valence-corrected chi connectivity index (χ3v) is 8.29. The van der Waals surface area contributed by atoms with Crippen LogP contribution in [-0.4, -0.2) is 56.9 Å². The average molecular weight is 492 g/mol. The van der Waals surface area contributed by atoms with E-state index >= 15 is 0 Å². The zero-order valence-corrected chi connectivity index (χ0v) is 21.3. The van der Waals surface area contributed by atoms with Gasteiger partial charge < -0.3 is 5.32 Å². The summed E-state index contributed by atoms with van der Waals surface area (Å²) in [6, 6.07) is 9.98. The van der Waals surface area contributed by atoms with E-state index in [1.807, 2.05) is 23.6 Å². The average Bonchev–Trinajstić information content (AvgIpc) is 3.45. The van der Waals surface area contributed by atoms with E-state index in [1.165, 1.54) is 15.3 Å². The molecule has 3 aromatic rings. The van der Waals surface area contributed by atoms with Crippen LogP contribution in [0.25, 0.3) is 11.0 Å². The summed E-state index contributed by atoms with van der Waals surface area (Å²) in [6.45, 7) is 7.29. The van der Waals surface area contributed by atoms with Gasteiger partial charge >= 0.3 is 6.03 Å². The van der Waals surface area contributed by atoms with E-state index in [2.05, 4.69) is 46.2 Å². The molecule has 7 nitrogen and oxygen atoms in total. The molecule has 4 heterocycles. The van der Waals surface area contributed by atoms with Gasteiger partial charge in [0.15, 0.2) is 0 Å². The van der Waals surface area contributed by atoms with Gasteiger partial charge in [-0.1, -0.05) is 32.0 Å². The number of aromatic nitrogens is 2. The summed E-state index contributed by atoms with van der Waals surface area (Å²) in [5.41, 5.74) is 2.25. The molecule has 2 aromatic heterocycles. The maximum atomic E-state index is 13.8. The number of carbonyl (C=O) groups is 2. The molecule has 1 aromatic carbocycles. The van der Waals surface area contributed by atoms with Crippen LogP contribution < -0.4 is 5.32 Å². The number of piperidine rings is 1. The first-order chi connectivity index (χ1) is 17.0. The molecule has 35 heavy (non-hydrogen) atoms. The molecule has 2 aliphatic rings. The van der Waals surface area contributed by atoms with Crippen molar-refractivity contribution < 1.29 is 9.59 Å². The fourth-order valence-electron chi connectivity index (χ4n) is 5.76. The zero-order valence-electron chi connectivity index (χ0n) is 20.4. The standard InChI is InChI=1S/C27H33N5O2S/c1-19(2)17-27(25(33)32(26(34)30-27)15-10-22-6-4-16-35-22)21-8-13-31(14-9-21)18-20-5-3-7-23-24(20)29-12-11-28-23/h3-7,11-12,16,19,21H,8-10,13-15,17-18H2,1-2H3,(H,30,34). The first-order valence-corrected chi connectivity index (χ1v) is 13.4. The fourth-order valence-corrected chi connectivity index (χ4v) is 6.45. The minimum atomic E-state index is -0.794. The van der Waals surface area contributed by atoms with Gasteiger partial charge in [0.1, 0.15) is 5.54 Å². The summed E-state index contributed by atoms with van der Waals surface area (Å²) in [7, 11) is 0. The molecule has 184 valence electrons. The van der Waals surface area contributed by atoms with E-state index < -0.39 is 5.54 Å². The molecule has 1 atom stereocenters. The lowest BCUT2D eigenvalue weighted by atomic mass is 9.73. The normalized spacial score (nSPS) is 21.9. The monoisotopic (exact) mass is 491 g/mol. The number of amides is 3. The van der Waals surface area contributed by atoms with E-state index in [0.717, 1.165) is 43.5 Å². The van der Waals surface area contributed by atoms with Crippen molar-refractivity contribution in [2.45, 2.75) is 51.6 Å². The molecular weight excluding hydrogens is 458 g/mol. The van der Waals surface area contributed by atoms with Gasteiger partial charge in [-0.2, -0.15) is 0 Å². The number of benzene rings is 1. The summed E-state index contributed by atoms with van der Waals surface area (Å²) in [5.74, 6) is 0.413. The Morgan fingerprint density at radius 1 is 1.11 bits per heavy atom. The van der Waals surface area contributed by atoms with Crippen molar-refractivity contribution >= 4 is 34.3 Å². The van der Waals surface area contributed by atoms with Gasteiger partial charge in [0.25, 0.3) is 5.91 Å². The minimum absolute atomic E-state index is 0.0319. The zero-order chi connectivity index (χ0) is 24.4. The summed E-state index contributed by atoms with van der Waals surface area (Å²) >= 11 is 1.67. The second-order valence-corrected chi connectivity index (χ2v) is 11.2. The Balaban J connectivity index is 1.28. The molecule has 0 radical (unpaired) electrons. The van der Waals surface area contributed by atoms with Crippen LogP contribution in [0.5, 0.6) is 0 Å². The number of hydrogen-bond acceptors (Lipinski definition) is 6.